The number of esters is 1. The number of hydrogen-bond donors (Lipinski definition) is 1. The van der Waals surface area contributed by atoms with Gasteiger partial charge in [-0.1, -0.05) is 29.2 Å². The first-order valence-electron chi connectivity index (χ1n) is 5.01. The van der Waals surface area contributed by atoms with Crippen LogP contribution < -0.4 is 0 Å². The van der Waals surface area contributed by atoms with Crippen LogP contribution in [0, 0.1) is 10.8 Å². The third-order valence-corrected chi connectivity index (χ3v) is 2.87. The number of aliphatic carboxylic acids is 1. The molecule has 1 unspecified atom stereocenters. The highest BCUT2D eigenvalue weighted by Crippen LogP contribution is 2.37. The maximum atomic E-state index is 11.4. The Kier molecular flexibility index (Phi) is 12.8. The summed E-state index contributed by atoms with van der Waals surface area (Å²) in [6, 6.07) is 0. The van der Waals surface area contributed by atoms with Gasteiger partial charge in [-0.3, -0.25) is 9.59 Å². The number of carboxylic acid groups (broad SMARTS) is 1. The molecule has 0 bridgehead atoms. The number of ether oxygens (including phenoxy) is 1. The fourth-order valence-electron chi connectivity index (χ4n) is 1.68. The summed E-state index contributed by atoms with van der Waals surface area (Å²) >= 11 is 0. The third-order valence-electron chi connectivity index (χ3n) is 2.87. The normalized spacial score (nSPS) is 12.9. The van der Waals surface area contributed by atoms with Gasteiger partial charge in [-0.25, -0.2) is 0 Å². The molecular weight excluding hydrogens is 232 g/mol. The molecular formula is C14H32O4. The molecule has 4 heteroatoms. The second-order valence-corrected chi connectivity index (χ2v) is 4.77. The molecule has 0 aromatic rings. The lowest BCUT2D eigenvalue weighted by Crippen LogP contribution is -2.37. The van der Waals surface area contributed by atoms with Crippen molar-refractivity contribution >= 4 is 11.9 Å². The standard InChI is InChI=1S/C11H20O4.3CH4/c1-6-11(4,8(12)13)7-10(2,3)9(14)15-5;;;/h6-7H2,1-5H3,(H,12,13);3*1H4. The van der Waals surface area contributed by atoms with Gasteiger partial charge in [-0.05, 0) is 33.6 Å². The number of carbonyl (C=O) groups is 2. The first-order chi connectivity index (χ1) is 6.69. The van der Waals surface area contributed by atoms with E-state index < -0.39 is 16.8 Å². The molecule has 0 fully saturated rings. The van der Waals surface area contributed by atoms with Gasteiger partial charge < -0.3 is 9.84 Å². The molecule has 0 aliphatic rings. The predicted octanol–water partition coefficient (Wildman–Crippen LogP) is 3.98. The fourth-order valence-corrected chi connectivity index (χ4v) is 1.68. The Labute approximate surface area is 113 Å². The molecule has 0 spiro atoms. The van der Waals surface area contributed by atoms with Crippen molar-refractivity contribution < 1.29 is 19.4 Å². The van der Waals surface area contributed by atoms with Gasteiger partial charge in [-0.15, -0.1) is 0 Å². The highest BCUT2D eigenvalue weighted by atomic mass is 16.5. The molecule has 0 rings (SSSR count). The van der Waals surface area contributed by atoms with Gasteiger partial charge in [0, 0.05) is 0 Å². The highest BCUT2D eigenvalue weighted by molar-refractivity contribution is 5.79. The SMILES string of the molecule is C.C.C.CCC(C)(CC(C)(C)C(=O)OC)C(=O)O. The number of carboxylic acids is 1. The Hall–Kier alpha value is -1.06. The third kappa shape index (κ3) is 6.03. The topological polar surface area (TPSA) is 63.6 Å². The molecule has 0 aliphatic heterocycles. The number of carbonyl (C=O) groups excluding carboxylic acids is 1. The lowest BCUT2D eigenvalue weighted by atomic mass is 9.72. The molecule has 1 atom stereocenters. The highest BCUT2D eigenvalue weighted by Gasteiger charge is 2.41. The number of rotatable bonds is 5. The van der Waals surface area contributed by atoms with E-state index in [1.165, 1.54) is 7.11 Å². The minimum absolute atomic E-state index is 0. The largest absolute Gasteiger partial charge is 0.481 e. The molecule has 18 heavy (non-hydrogen) atoms. The van der Waals surface area contributed by atoms with E-state index in [1.54, 1.807) is 20.8 Å². The predicted molar refractivity (Wildman–Crippen MR) is 76.6 cm³/mol. The van der Waals surface area contributed by atoms with Gasteiger partial charge in [0.1, 0.15) is 0 Å². The molecule has 4 nitrogen and oxygen atoms in total. The van der Waals surface area contributed by atoms with Crippen molar-refractivity contribution in [3.05, 3.63) is 0 Å². The Balaban J connectivity index is -0.000000327. The molecule has 0 radical (unpaired) electrons. The average Bonchev–Trinajstić information content (AvgIpc) is 2.15. The minimum Gasteiger partial charge on any atom is -0.481 e. The molecule has 112 valence electrons. The van der Waals surface area contributed by atoms with Crippen LogP contribution in [0.5, 0.6) is 0 Å². The molecule has 0 saturated heterocycles. The summed E-state index contributed by atoms with van der Waals surface area (Å²) in [4.78, 5) is 22.5. The van der Waals surface area contributed by atoms with Crippen LogP contribution in [0.25, 0.3) is 0 Å². The summed E-state index contributed by atoms with van der Waals surface area (Å²) < 4.78 is 4.65. The summed E-state index contributed by atoms with van der Waals surface area (Å²) in [5.74, 6) is -1.24. The lowest BCUT2D eigenvalue weighted by Gasteiger charge is -2.31. The fraction of sp³-hybridized carbons (Fsp3) is 0.857. The molecule has 0 heterocycles. The van der Waals surface area contributed by atoms with Crippen LogP contribution in [-0.4, -0.2) is 24.2 Å². The van der Waals surface area contributed by atoms with Gasteiger partial charge in [0.25, 0.3) is 0 Å². The maximum absolute atomic E-state index is 11.4. The van der Waals surface area contributed by atoms with Crippen LogP contribution >= 0.6 is 0 Å². The lowest BCUT2D eigenvalue weighted by molar-refractivity contribution is -0.157. The molecule has 0 amide bonds. The summed E-state index contributed by atoms with van der Waals surface area (Å²) in [6.45, 7) is 6.87. The molecule has 0 aromatic carbocycles. The van der Waals surface area contributed by atoms with Crippen molar-refractivity contribution in [3.8, 4) is 0 Å². The Morgan fingerprint density at radius 1 is 1.11 bits per heavy atom. The second kappa shape index (κ2) is 8.95. The quantitative estimate of drug-likeness (QED) is 0.763. The molecule has 0 aromatic heterocycles. The zero-order valence-corrected chi connectivity index (χ0v) is 10.1. The Morgan fingerprint density at radius 2 is 1.50 bits per heavy atom. The summed E-state index contributed by atoms with van der Waals surface area (Å²) in [5, 5.41) is 9.10. The van der Waals surface area contributed by atoms with E-state index in [-0.39, 0.29) is 34.7 Å². The van der Waals surface area contributed by atoms with Crippen LogP contribution in [0.2, 0.25) is 0 Å². The van der Waals surface area contributed by atoms with Crippen molar-refractivity contribution in [2.45, 2.75) is 62.8 Å². The van der Waals surface area contributed by atoms with E-state index in [9.17, 15) is 9.59 Å². The minimum atomic E-state index is -0.877. The number of methoxy groups -OCH3 is 1. The maximum Gasteiger partial charge on any atom is 0.311 e. The van der Waals surface area contributed by atoms with Crippen LogP contribution in [0.15, 0.2) is 0 Å². The van der Waals surface area contributed by atoms with Gasteiger partial charge in [-0.2, -0.15) is 0 Å². The summed E-state index contributed by atoms with van der Waals surface area (Å²) in [7, 11) is 1.31. The first-order valence-corrected chi connectivity index (χ1v) is 5.01. The van der Waals surface area contributed by atoms with Gasteiger partial charge in [0.15, 0.2) is 0 Å². The van der Waals surface area contributed by atoms with E-state index in [4.69, 9.17) is 5.11 Å². The second-order valence-electron chi connectivity index (χ2n) is 4.77. The van der Waals surface area contributed by atoms with Gasteiger partial charge >= 0.3 is 11.9 Å². The van der Waals surface area contributed by atoms with E-state index >= 15 is 0 Å². The Bertz CT molecular complexity index is 259. The summed E-state index contributed by atoms with van der Waals surface area (Å²) in [6.07, 6.45) is 0.765. The molecule has 1 N–H and O–H groups in total. The first kappa shape index (κ1) is 25.7. The summed E-state index contributed by atoms with van der Waals surface area (Å²) in [5.41, 5.74) is -1.64. The van der Waals surface area contributed by atoms with Crippen molar-refractivity contribution in [2.75, 3.05) is 7.11 Å². The van der Waals surface area contributed by atoms with Crippen molar-refractivity contribution in [1.29, 1.82) is 0 Å². The van der Waals surface area contributed by atoms with Crippen LogP contribution in [0.1, 0.15) is 62.8 Å². The number of hydrogen-bond acceptors (Lipinski definition) is 3. The average molecular weight is 264 g/mol. The monoisotopic (exact) mass is 264 g/mol. The zero-order valence-electron chi connectivity index (χ0n) is 10.1. The van der Waals surface area contributed by atoms with Gasteiger partial charge in [0.05, 0.1) is 17.9 Å². The van der Waals surface area contributed by atoms with E-state index in [0.29, 0.717) is 6.42 Å². The van der Waals surface area contributed by atoms with Crippen molar-refractivity contribution in [3.63, 3.8) is 0 Å². The van der Waals surface area contributed by atoms with Crippen molar-refractivity contribution in [1.82, 2.24) is 0 Å². The van der Waals surface area contributed by atoms with Crippen LogP contribution in [0.3, 0.4) is 0 Å². The van der Waals surface area contributed by atoms with E-state index in [0.717, 1.165) is 0 Å². The smallest absolute Gasteiger partial charge is 0.311 e. The van der Waals surface area contributed by atoms with Crippen molar-refractivity contribution in [2.24, 2.45) is 10.8 Å². The van der Waals surface area contributed by atoms with Gasteiger partial charge in [0.2, 0.25) is 0 Å². The van der Waals surface area contributed by atoms with Crippen LogP contribution in [-0.2, 0) is 14.3 Å². The molecule has 0 aliphatic carbocycles. The van der Waals surface area contributed by atoms with Crippen LogP contribution in [0.4, 0.5) is 0 Å². The zero-order chi connectivity index (χ0) is 12.3. The molecule has 0 saturated carbocycles. The Morgan fingerprint density at radius 3 is 1.72 bits per heavy atom. The van der Waals surface area contributed by atoms with E-state index in [2.05, 4.69) is 4.74 Å². The van der Waals surface area contributed by atoms with E-state index in [1.807, 2.05) is 6.92 Å².